The predicted molar refractivity (Wildman–Crippen MR) is 101 cm³/mol. The van der Waals surface area contributed by atoms with E-state index in [1.807, 2.05) is 18.2 Å². The normalized spacial score (nSPS) is 16.2. The van der Waals surface area contributed by atoms with Crippen molar-refractivity contribution in [3.63, 3.8) is 0 Å². The van der Waals surface area contributed by atoms with Crippen molar-refractivity contribution in [2.75, 3.05) is 18.0 Å². The van der Waals surface area contributed by atoms with Crippen molar-refractivity contribution in [2.24, 2.45) is 0 Å². The van der Waals surface area contributed by atoms with E-state index in [2.05, 4.69) is 10.3 Å². The number of carbonyl (C=O) groups is 3. The lowest BCUT2D eigenvalue weighted by atomic mass is 10.1. The highest BCUT2D eigenvalue weighted by molar-refractivity contribution is 6.08. The number of amides is 2. The monoisotopic (exact) mass is 378 g/mol. The van der Waals surface area contributed by atoms with Crippen molar-refractivity contribution < 1.29 is 19.1 Å². The molecule has 0 radical (unpaired) electrons. The summed E-state index contributed by atoms with van der Waals surface area (Å²) in [5.74, 6) is -0.331. The lowest BCUT2D eigenvalue weighted by Gasteiger charge is -2.13. The molecule has 8 heteroatoms. The summed E-state index contributed by atoms with van der Waals surface area (Å²) < 4.78 is 6.99. The molecule has 1 aromatic carbocycles. The van der Waals surface area contributed by atoms with Crippen LogP contribution in [0, 0.1) is 0 Å². The molecule has 0 aliphatic carbocycles. The zero-order chi connectivity index (χ0) is 19.7. The molecule has 3 aromatic rings. The summed E-state index contributed by atoms with van der Waals surface area (Å²) >= 11 is 0. The van der Waals surface area contributed by atoms with Crippen LogP contribution >= 0.6 is 0 Å². The Bertz CT molecular complexity index is 1060. The van der Waals surface area contributed by atoms with Gasteiger partial charge < -0.3 is 10.1 Å². The first-order chi connectivity index (χ1) is 13.5. The number of hydrogen-bond acceptors (Lipinski definition) is 5. The number of hydrogen-bond donors (Lipinski definition) is 1. The number of pyridine rings is 1. The first-order valence-electron chi connectivity index (χ1n) is 8.82. The molecule has 2 aromatic heterocycles. The molecular weight excluding hydrogens is 360 g/mol. The van der Waals surface area contributed by atoms with Gasteiger partial charge in [0.05, 0.1) is 19.3 Å². The number of aromatic nitrogens is 2. The quantitative estimate of drug-likeness (QED) is 0.686. The minimum atomic E-state index is -0.476. The van der Waals surface area contributed by atoms with E-state index in [1.165, 1.54) is 11.8 Å². The summed E-state index contributed by atoms with van der Waals surface area (Å²) in [6.45, 7) is 2.01. The summed E-state index contributed by atoms with van der Waals surface area (Å²) in [6, 6.07) is 12.3. The van der Waals surface area contributed by atoms with Crippen LogP contribution in [0.1, 0.15) is 23.0 Å². The molecule has 1 aliphatic rings. The Morgan fingerprint density at radius 3 is 2.75 bits per heavy atom. The van der Waals surface area contributed by atoms with Crippen LogP contribution in [0.25, 0.3) is 5.65 Å². The van der Waals surface area contributed by atoms with Gasteiger partial charge in [0.15, 0.2) is 0 Å². The number of fused-ring (bicyclic) bond motifs is 1. The van der Waals surface area contributed by atoms with E-state index in [0.717, 1.165) is 0 Å². The fraction of sp³-hybridized carbons (Fsp3) is 0.200. The number of rotatable bonds is 5. The first-order valence-corrected chi connectivity index (χ1v) is 8.82. The third kappa shape index (κ3) is 3.32. The molecule has 4 rings (SSSR count). The predicted octanol–water partition coefficient (Wildman–Crippen LogP) is 2.03. The van der Waals surface area contributed by atoms with E-state index in [0.29, 0.717) is 29.1 Å². The van der Waals surface area contributed by atoms with Gasteiger partial charge in [0, 0.05) is 24.4 Å². The molecule has 0 unspecified atom stereocenters. The van der Waals surface area contributed by atoms with Gasteiger partial charge in [-0.1, -0.05) is 6.07 Å². The van der Waals surface area contributed by atoms with Crippen molar-refractivity contribution in [3.05, 3.63) is 66.1 Å². The molecule has 8 nitrogen and oxygen atoms in total. The van der Waals surface area contributed by atoms with Crippen LogP contribution in [0.15, 0.2) is 54.9 Å². The molecule has 3 heterocycles. The number of benzene rings is 1. The van der Waals surface area contributed by atoms with Crippen LogP contribution in [0.3, 0.4) is 0 Å². The van der Waals surface area contributed by atoms with E-state index < -0.39 is 12.2 Å². The van der Waals surface area contributed by atoms with Gasteiger partial charge >= 0.3 is 6.09 Å². The van der Waals surface area contributed by atoms with Crippen LogP contribution < -0.4 is 10.2 Å². The molecule has 28 heavy (non-hydrogen) atoms. The summed E-state index contributed by atoms with van der Waals surface area (Å²) in [6.07, 6.45) is 2.46. The fourth-order valence-electron chi connectivity index (χ4n) is 3.14. The molecule has 2 amide bonds. The molecule has 0 bridgehead atoms. The smallest absolute Gasteiger partial charge is 0.414 e. The average molecular weight is 378 g/mol. The Morgan fingerprint density at radius 1 is 1.21 bits per heavy atom. The number of nitrogens with one attached hydrogen (secondary N) is 1. The minimum absolute atomic E-state index is 0.155. The van der Waals surface area contributed by atoms with Gasteiger partial charge in [0.25, 0.3) is 0 Å². The van der Waals surface area contributed by atoms with Gasteiger partial charge in [-0.2, -0.15) is 0 Å². The van der Waals surface area contributed by atoms with Crippen molar-refractivity contribution in [1.29, 1.82) is 0 Å². The summed E-state index contributed by atoms with van der Waals surface area (Å²) in [7, 11) is 0. The number of ether oxygens (including phenoxy) is 1. The van der Waals surface area contributed by atoms with Gasteiger partial charge in [-0.15, -0.1) is 0 Å². The lowest BCUT2D eigenvalue weighted by Crippen LogP contribution is -2.33. The third-order valence-electron chi connectivity index (χ3n) is 4.54. The maximum absolute atomic E-state index is 12.8. The van der Waals surface area contributed by atoms with E-state index >= 15 is 0 Å². The molecule has 0 saturated carbocycles. The highest BCUT2D eigenvalue weighted by Crippen LogP contribution is 2.23. The second-order valence-corrected chi connectivity index (χ2v) is 6.50. The molecule has 1 atom stereocenters. The molecule has 1 aliphatic heterocycles. The second kappa shape index (κ2) is 7.15. The maximum Gasteiger partial charge on any atom is 0.414 e. The Kier molecular flexibility index (Phi) is 4.52. The van der Waals surface area contributed by atoms with Crippen molar-refractivity contribution >= 4 is 29.1 Å². The van der Waals surface area contributed by atoms with E-state index in [-0.39, 0.29) is 18.2 Å². The van der Waals surface area contributed by atoms with Crippen LogP contribution in [0.2, 0.25) is 0 Å². The largest absolute Gasteiger partial charge is 0.442 e. The number of nitrogens with zero attached hydrogens (tertiary/aromatic N) is 3. The van der Waals surface area contributed by atoms with E-state index in [1.54, 1.807) is 41.1 Å². The number of imidazole rings is 1. The van der Waals surface area contributed by atoms with Crippen LogP contribution in [-0.2, 0) is 9.53 Å². The highest BCUT2D eigenvalue weighted by atomic mass is 16.6. The Balaban J connectivity index is 1.50. The Morgan fingerprint density at radius 2 is 2.00 bits per heavy atom. The van der Waals surface area contributed by atoms with Crippen molar-refractivity contribution in [3.8, 4) is 0 Å². The van der Waals surface area contributed by atoms with Gasteiger partial charge in [0.1, 0.15) is 17.4 Å². The van der Waals surface area contributed by atoms with E-state index in [4.69, 9.17) is 4.74 Å². The van der Waals surface area contributed by atoms with Gasteiger partial charge in [-0.05, 0) is 36.4 Å². The van der Waals surface area contributed by atoms with Gasteiger partial charge in [-0.3, -0.25) is 18.9 Å². The van der Waals surface area contributed by atoms with Crippen LogP contribution in [0.4, 0.5) is 10.5 Å². The number of ketones is 1. The molecule has 0 spiro atoms. The summed E-state index contributed by atoms with van der Waals surface area (Å²) in [5.41, 5.74) is 2.30. The zero-order valence-electron chi connectivity index (χ0n) is 15.2. The topological polar surface area (TPSA) is 93.0 Å². The van der Waals surface area contributed by atoms with Crippen molar-refractivity contribution in [2.45, 2.75) is 13.0 Å². The number of carbonyl (C=O) groups excluding carboxylic acids is 3. The maximum atomic E-state index is 12.8. The van der Waals surface area contributed by atoms with Crippen LogP contribution in [0.5, 0.6) is 0 Å². The highest BCUT2D eigenvalue weighted by Gasteiger charge is 2.32. The molecule has 1 fully saturated rings. The molecule has 1 N–H and O–H groups in total. The van der Waals surface area contributed by atoms with Gasteiger partial charge in [-0.25, -0.2) is 9.78 Å². The Labute approximate surface area is 160 Å². The molecule has 142 valence electrons. The number of anilines is 1. The minimum Gasteiger partial charge on any atom is -0.442 e. The molecule has 1 saturated heterocycles. The van der Waals surface area contributed by atoms with Crippen molar-refractivity contribution in [1.82, 2.24) is 14.7 Å². The fourth-order valence-corrected chi connectivity index (χ4v) is 3.14. The Hall–Kier alpha value is -3.68. The lowest BCUT2D eigenvalue weighted by molar-refractivity contribution is -0.119. The first kappa shape index (κ1) is 17.7. The summed E-state index contributed by atoms with van der Waals surface area (Å²) in [5, 5.41) is 2.64. The number of cyclic esters (lactones) is 1. The standard InChI is InChI=1S/C20H18N4O4/c1-13(25)21-10-16-12-24(20(27)28-16)15-7-5-14(6-8-15)19(26)17-11-22-18-4-2-3-9-23(17)18/h2-9,11,16H,10,12H2,1H3,(H,21,25)/t16-/m0/s1. The van der Waals surface area contributed by atoms with E-state index in [9.17, 15) is 14.4 Å². The third-order valence-corrected chi connectivity index (χ3v) is 4.54. The molecular formula is C20H18N4O4. The SMILES string of the molecule is CC(=O)NC[C@H]1CN(c2ccc(C(=O)c3cnc4ccccn34)cc2)C(=O)O1. The summed E-state index contributed by atoms with van der Waals surface area (Å²) in [4.78, 5) is 41.6. The van der Waals surface area contributed by atoms with Gasteiger partial charge in [0.2, 0.25) is 11.7 Å². The second-order valence-electron chi connectivity index (χ2n) is 6.50. The zero-order valence-corrected chi connectivity index (χ0v) is 15.2. The average Bonchev–Trinajstić information content (AvgIpc) is 3.29. The van der Waals surface area contributed by atoms with Crippen LogP contribution in [-0.4, -0.2) is 46.4 Å².